The van der Waals surface area contributed by atoms with Gasteiger partial charge in [0.2, 0.25) is 5.91 Å². The van der Waals surface area contributed by atoms with Crippen molar-refractivity contribution in [2.24, 2.45) is 5.73 Å². The van der Waals surface area contributed by atoms with Gasteiger partial charge in [-0.2, -0.15) is 13.2 Å². The first-order valence-corrected chi connectivity index (χ1v) is 5.09. The second kappa shape index (κ2) is 4.91. The van der Waals surface area contributed by atoms with E-state index in [9.17, 15) is 22.8 Å². The number of likely N-dealkylation sites (N-methyl/N-ethyl adjacent to an activating group) is 1. The summed E-state index contributed by atoms with van der Waals surface area (Å²) >= 11 is 0. The van der Waals surface area contributed by atoms with Gasteiger partial charge in [-0.1, -0.05) is 0 Å². The third-order valence-electron chi connectivity index (χ3n) is 2.81. The van der Waals surface area contributed by atoms with E-state index in [1.54, 1.807) is 0 Å². The molecule has 2 amide bonds. The summed E-state index contributed by atoms with van der Waals surface area (Å²) in [4.78, 5) is 24.2. The van der Waals surface area contributed by atoms with Gasteiger partial charge in [0.1, 0.15) is 0 Å². The molecule has 0 aromatic rings. The molecule has 1 unspecified atom stereocenters. The summed E-state index contributed by atoms with van der Waals surface area (Å²) in [6.07, 6.45) is -4.52. The molecule has 0 saturated carbocycles. The molecule has 1 aliphatic rings. The van der Waals surface area contributed by atoms with Crippen LogP contribution in [0.25, 0.3) is 0 Å². The summed E-state index contributed by atoms with van der Waals surface area (Å²) in [6, 6.07) is -0.391. The first kappa shape index (κ1) is 13.8. The zero-order valence-electron chi connectivity index (χ0n) is 9.33. The van der Waals surface area contributed by atoms with Gasteiger partial charge < -0.3 is 15.5 Å². The van der Waals surface area contributed by atoms with E-state index in [2.05, 4.69) is 0 Å². The van der Waals surface area contributed by atoms with Crippen LogP contribution in [0.5, 0.6) is 0 Å². The minimum absolute atomic E-state index is 0.00516. The molecule has 0 aromatic heterocycles. The monoisotopic (exact) mass is 253 g/mol. The Morgan fingerprint density at radius 2 is 2.06 bits per heavy atom. The predicted molar refractivity (Wildman–Crippen MR) is 52.9 cm³/mol. The van der Waals surface area contributed by atoms with Crippen molar-refractivity contribution in [3.63, 3.8) is 0 Å². The Balaban J connectivity index is 2.59. The van der Waals surface area contributed by atoms with E-state index in [4.69, 9.17) is 5.73 Å². The molecule has 17 heavy (non-hydrogen) atoms. The van der Waals surface area contributed by atoms with Crippen LogP contribution in [0, 0.1) is 0 Å². The van der Waals surface area contributed by atoms with Crippen LogP contribution < -0.4 is 5.73 Å². The fourth-order valence-electron chi connectivity index (χ4n) is 1.77. The molecule has 0 aromatic carbocycles. The highest BCUT2D eigenvalue weighted by atomic mass is 19.4. The van der Waals surface area contributed by atoms with Crippen LogP contribution in [-0.2, 0) is 9.59 Å². The van der Waals surface area contributed by atoms with Crippen molar-refractivity contribution in [1.82, 2.24) is 9.80 Å². The highest BCUT2D eigenvalue weighted by Crippen LogP contribution is 2.23. The van der Waals surface area contributed by atoms with Crippen molar-refractivity contribution in [3.05, 3.63) is 0 Å². The Hall–Kier alpha value is -1.31. The molecule has 1 rings (SSSR count). The summed E-state index contributed by atoms with van der Waals surface area (Å²) in [7, 11) is 1.47. The SMILES string of the molecule is CN(C(=O)CN)C1CCN(C(=O)C(F)(F)F)C1. The Kier molecular flexibility index (Phi) is 3.97. The average Bonchev–Trinajstić information content (AvgIpc) is 2.73. The second-order valence-corrected chi connectivity index (χ2v) is 3.90. The van der Waals surface area contributed by atoms with Gasteiger partial charge in [0.15, 0.2) is 0 Å². The Labute approximate surface area is 96.3 Å². The largest absolute Gasteiger partial charge is 0.471 e. The third-order valence-corrected chi connectivity index (χ3v) is 2.81. The Morgan fingerprint density at radius 3 is 2.53 bits per heavy atom. The van der Waals surface area contributed by atoms with E-state index in [1.165, 1.54) is 11.9 Å². The quantitative estimate of drug-likeness (QED) is 0.726. The molecule has 1 saturated heterocycles. The number of nitrogens with two attached hydrogens (primary N) is 1. The molecule has 1 atom stereocenters. The van der Waals surface area contributed by atoms with Crippen molar-refractivity contribution >= 4 is 11.8 Å². The van der Waals surface area contributed by atoms with Crippen molar-refractivity contribution < 1.29 is 22.8 Å². The number of alkyl halides is 3. The van der Waals surface area contributed by atoms with Gasteiger partial charge in [-0.25, -0.2) is 0 Å². The van der Waals surface area contributed by atoms with Gasteiger partial charge in [-0.3, -0.25) is 9.59 Å². The van der Waals surface area contributed by atoms with Crippen molar-refractivity contribution in [2.75, 3.05) is 26.7 Å². The maximum atomic E-state index is 12.2. The van der Waals surface area contributed by atoms with Crippen molar-refractivity contribution in [3.8, 4) is 0 Å². The lowest BCUT2D eigenvalue weighted by Gasteiger charge is -2.24. The predicted octanol–water partition coefficient (Wildman–Crippen LogP) is -0.433. The normalized spacial score (nSPS) is 20.5. The summed E-state index contributed by atoms with van der Waals surface area (Å²) in [6.45, 7) is -0.286. The zero-order chi connectivity index (χ0) is 13.2. The molecule has 8 heteroatoms. The molecule has 0 aliphatic carbocycles. The molecule has 1 fully saturated rings. The van der Waals surface area contributed by atoms with E-state index < -0.39 is 18.1 Å². The standard InChI is InChI=1S/C9H14F3N3O2/c1-14(7(16)4-13)6-2-3-15(5-6)8(17)9(10,11)12/h6H,2-5,13H2,1H3. The van der Waals surface area contributed by atoms with Crippen LogP contribution in [0.3, 0.4) is 0 Å². The second-order valence-electron chi connectivity index (χ2n) is 3.90. The van der Waals surface area contributed by atoms with E-state index >= 15 is 0 Å². The van der Waals surface area contributed by atoms with Crippen LogP contribution in [0.4, 0.5) is 13.2 Å². The van der Waals surface area contributed by atoms with E-state index in [-0.39, 0.29) is 25.5 Å². The van der Waals surface area contributed by atoms with Gasteiger partial charge in [0.05, 0.1) is 12.6 Å². The molecule has 2 N–H and O–H groups in total. The highest BCUT2D eigenvalue weighted by Gasteiger charge is 2.45. The topological polar surface area (TPSA) is 66.6 Å². The minimum Gasteiger partial charge on any atom is -0.340 e. The highest BCUT2D eigenvalue weighted by molar-refractivity contribution is 5.82. The van der Waals surface area contributed by atoms with E-state index in [0.29, 0.717) is 11.3 Å². The molecular weight excluding hydrogens is 239 g/mol. The molecule has 0 spiro atoms. The van der Waals surface area contributed by atoms with Crippen LogP contribution in [-0.4, -0.2) is 60.5 Å². The molecule has 0 radical (unpaired) electrons. The summed E-state index contributed by atoms with van der Waals surface area (Å²) in [5.41, 5.74) is 5.15. The third kappa shape index (κ3) is 3.09. The van der Waals surface area contributed by atoms with Gasteiger partial charge in [0.25, 0.3) is 0 Å². The number of rotatable bonds is 2. The number of amides is 2. The first-order valence-electron chi connectivity index (χ1n) is 5.09. The van der Waals surface area contributed by atoms with E-state index in [0.717, 1.165) is 0 Å². The molecule has 5 nitrogen and oxygen atoms in total. The molecule has 98 valence electrons. The number of hydrogen-bond donors (Lipinski definition) is 1. The fourth-order valence-corrected chi connectivity index (χ4v) is 1.77. The summed E-state index contributed by atoms with van der Waals surface area (Å²) in [5, 5.41) is 0. The lowest BCUT2D eigenvalue weighted by atomic mass is 10.2. The van der Waals surface area contributed by atoms with Gasteiger partial charge in [0, 0.05) is 20.1 Å². The maximum absolute atomic E-state index is 12.2. The summed E-state index contributed by atoms with van der Waals surface area (Å²) < 4.78 is 36.5. The van der Waals surface area contributed by atoms with Crippen LogP contribution in [0.15, 0.2) is 0 Å². The molecule has 1 aliphatic heterocycles. The Bertz CT molecular complexity index is 319. The molecule has 0 bridgehead atoms. The molecule has 1 heterocycles. The minimum atomic E-state index is -4.86. The van der Waals surface area contributed by atoms with Crippen LogP contribution in [0.2, 0.25) is 0 Å². The average molecular weight is 253 g/mol. The lowest BCUT2D eigenvalue weighted by molar-refractivity contribution is -0.184. The van der Waals surface area contributed by atoms with Gasteiger partial charge >= 0.3 is 12.1 Å². The Morgan fingerprint density at radius 1 is 1.47 bits per heavy atom. The maximum Gasteiger partial charge on any atom is 0.471 e. The van der Waals surface area contributed by atoms with E-state index in [1.807, 2.05) is 0 Å². The van der Waals surface area contributed by atoms with Gasteiger partial charge in [-0.05, 0) is 6.42 Å². The molecular formula is C9H14F3N3O2. The van der Waals surface area contributed by atoms with Gasteiger partial charge in [-0.15, -0.1) is 0 Å². The van der Waals surface area contributed by atoms with Crippen LogP contribution in [0.1, 0.15) is 6.42 Å². The number of carbonyl (C=O) groups is 2. The van der Waals surface area contributed by atoms with Crippen LogP contribution >= 0.6 is 0 Å². The number of carbonyl (C=O) groups excluding carboxylic acids is 2. The summed E-state index contributed by atoms with van der Waals surface area (Å²) in [5.74, 6) is -2.20. The van der Waals surface area contributed by atoms with Crippen molar-refractivity contribution in [1.29, 1.82) is 0 Å². The smallest absolute Gasteiger partial charge is 0.340 e. The first-order chi connectivity index (χ1) is 7.77. The zero-order valence-corrected chi connectivity index (χ0v) is 9.33. The number of hydrogen-bond acceptors (Lipinski definition) is 3. The lowest BCUT2D eigenvalue weighted by Crippen LogP contribution is -2.44. The number of likely N-dealkylation sites (tertiary alicyclic amines) is 1. The number of nitrogens with zero attached hydrogens (tertiary/aromatic N) is 2. The van der Waals surface area contributed by atoms with Crippen molar-refractivity contribution in [2.45, 2.75) is 18.6 Å². The fraction of sp³-hybridized carbons (Fsp3) is 0.778. The number of halogens is 3.